The molecular formula is C13H9ClN2. The highest BCUT2D eigenvalue weighted by molar-refractivity contribution is 6.29. The molecular weight excluding hydrogens is 220 g/mol. The van der Waals surface area contributed by atoms with Gasteiger partial charge in [0.2, 0.25) is 0 Å². The molecule has 1 aromatic heterocycles. The standard InChI is InChI=1S/C13H9ClN2/c14-13-7-5-11-9-10(3-1-2-8-15)4-6-12(11)16-13/h1,3-7,9H,2H2. The van der Waals surface area contributed by atoms with Crippen molar-refractivity contribution >= 4 is 28.6 Å². The first-order valence-corrected chi connectivity index (χ1v) is 5.27. The molecule has 0 aliphatic heterocycles. The number of nitrogens with zero attached hydrogens (tertiary/aromatic N) is 2. The fourth-order valence-corrected chi connectivity index (χ4v) is 1.62. The minimum absolute atomic E-state index is 0.427. The lowest BCUT2D eigenvalue weighted by Gasteiger charge is -1.99. The third-order valence-electron chi connectivity index (χ3n) is 2.20. The molecule has 1 heterocycles. The van der Waals surface area contributed by atoms with Gasteiger partial charge in [-0.2, -0.15) is 5.26 Å². The molecule has 0 saturated carbocycles. The summed E-state index contributed by atoms with van der Waals surface area (Å²) in [6.45, 7) is 0. The van der Waals surface area contributed by atoms with Crippen molar-refractivity contribution in [2.24, 2.45) is 0 Å². The van der Waals surface area contributed by atoms with Crippen molar-refractivity contribution in [2.45, 2.75) is 6.42 Å². The molecule has 0 aliphatic carbocycles. The van der Waals surface area contributed by atoms with Crippen molar-refractivity contribution < 1.29 is 0 Å². The zero-order chi connectivity index (χ0) is 11.4. The Morgan fingerprint density at radius 1 is 1.31 bits per heavy atom. The molecule has 2 rings (SSSR count). The fourth-order valence-electron chi connectivity index (χ4n) is 1.47. The molecule has 0 saturated heterocycles. The van der Waals surface area contributed by atoms with E-state index in [0.717, 1.165) is 16.5 Å². The van der Waals surface area contributed by atoms with Crippen molar-refractivity contribution in [3.05, 3.63) is 47.1 Å². The van der Waals surface area contributed by atoms with E-state index in [0.29, 0.717) is 11.6 Å². The van der Waals surface area contributed by atoms with E-state index in [1.54, 1.807) is 6.07 Å². The summed E-state index contributed by atoms with van der Waals surface area (Å²) in [5, 5.41) is 9.97. The first kappa shape index (κ1) is 10.7. The van der Waals surface area contributed by atoms with E-state index in [9.17, 15) is 0 Å². The van der Waals surface area contributed by atoms with Crippen LogP contribution < -0.4 is 0 Å². The maximum atomic E-state index is 8.42. The smallest absolute Gasteiger partial charge is 0.129 e. The molecule has 0 fully saturated rings. The number of nitriles is 1. The van der Waals surface area contributed by atoms with Gasteiger partial charge in [0, 0.05) is 5.39 Å². The van der Waals surface area contributed by atoms with E-state index in [-0.39, 0.29) is 0 Å². The van der Waals surface area contributed by atoms with Crippen LogP contribution in [0.3, 0.4) is 0 Å². The topological polar surface area (TPSA) is 36.7 Å². The summed E-state index contributed by atoms with van der Waals surface area (Å²) < 4.78 is 0. The summed E-state index contributed by atoms with van der Waals surface area (Å²) in [6, 6.07) is 11.7. The molecule has 0 N–H and O–H groups in total. The van der Waals surface area contributed by atoms with Gasteiger partial charge in [0.1, 0.15) is 5.15 Å². The highest BCUT2D eigenvalue weighted by atomic mass is 35.5. The summed E-state index contributed by atoms with van der Waals surface area (Å²) in [6.07, 6.45) is 4.19. The van der Waals surface area contributed by atoms with Gasteiger partial charge in [0.05, 0.1) is 18.0 Å². The summed E-state index contributed by atoms with van der Waals surface area (Å²) in [4.78, 5) is 4.20. The monoisotopic (exact) mass is 228 g/mol. The van der Waals surface area contributed by atoms with Gasteiger partial charge in [-0.15, -0.1) is 0 Å². The summed E-state index contributed by atoms with van der Waals surface area (Å²) in [7, 11) is 0. The predicted molar refractivity (Wildman–Crippen MR) is 66.0 cm³/mol. The lowest BCUT2D eigenvalue weighted by Crippen LogP contribution is -1.80. The fraction of sp³-hybridized carbons (Fsp3) is 0.0769. The van der Waals surface area contributed by atoms with Gasteiger partial charge in [-0.25, -0.2) is 4.98 Å². The lowest BCUT2D eigenvalue weighted by molar-refractivity contribution is 1.36. The van der Waals surface area contributed by atoms with Crippen LogP contribution in [0.25, 0.3) is 17.0 Å². The molecule has 0 amide bonds. The Hall–Kier alpha value is -1.85. The van der Waals surface area contributed by atoms with Crippen LogP contribution in [0.2, 0.25) is 5.15 Å². The second-order valence-electron chi connectivity index (χ2n) is 3.35. The van der Waals surface area contributed by atoms with E-state index in [1.807, 2.05) is 36.4 Å². The van der Waals surface area contributed by atoms with Gasteiger partial charge in [0.25, 0.3) is 0 Å². The number of rotatable bonds is 2. The third-order valence-corrected chi connectivity index (χ3v) is 2.41. The quantitative estimate of drug-likeness (QED) is 0.733. The number of pyridine rings is 1. The first-order chi connectivity index (χ1) is 7.79. The number of aromatic nitrogens is 1. The van der Waals surface area contributed by atoms with Crippen molar-refractivity contribution in [2.75, 3.05) is 0 Å². The average Bonchev–Trinajstić information content (AvgIpc) is 2.29. The zero-order valence-corrected chi connectivity index (χ0v) is 9.28. The average molecular weight is 229 g/mol. The molecule has 0 unspecified atom stereocenters. The lowest BCUT2D eigenvalue weighted by atomic mass is 10.1. The zero-order valence-electron chi connectivity index (χ0n) is 8.52. The summed E-state index contributed by atoms with van der Waals surface area (Å²) >= 11 is 5.80. The van der Waals surface area contributed by atoms with Gasteiger partial charge >= 0.3 is 0 Å². The molecule has 1 aromatic carbocycles. The minimum Gasteiger partial charge on any atom is -0.236 e. The second kappa shape index (κ2) is 4.78. The van der Waals surface area contributed by atoms with Crippen LogP contribution in [-0.2, 0) is 0 Å². The largest absolute Gasteiger partial charge is 0.236 e. The van der Waals surface area contributed by atoms with Crippen molar-refractivity contribution in [3.63, 3.8) is 0 Å². The minimum atomic E-state index is 0.427. The van der Waals surface area contributed by atoms with E-state index in [4.69, 9.17) is 16.9 Å². The molecule has 0 spiro atoms. The van der Waals surface area contributed by atoms with Crippen LogP contribution in [0.5, 0.6) is 0 Å². The Morgan fingerprint density at radius 2 is 2.19 bits per heavy atom. The molecule has 0 bridgehead atoms. The van der Waals surface area contributed by atoms with Crippen molar-refractivity contribution in [1.82, 2.24) is 4.98 Å². The first-order valence-electron chi connectivity index (χ1n) is 4.89. The van der Waals surface area contributed by atoms with Crippen LogP contribution in [0.15, 0.2) is 36.4 Å². The van der Waals surface area contributed by atoms with Crippen LogP contribution in [-0.4, -0.2) is 4.98 Å². The van der Waals surface area contributed by atoms with Gasteiger partial charge in [-0.1, -0.05) is 29.8 Å². The van der Waals surface area contributed by atoms with Crippen LogP contribution >= 0.6 is 11.6 Å². The van der Waals surface area contributed by atoms with Crippen LogP contribution in [0.1, 0.15) is 12.0 Å². The molecule has 2 aromatic rings. The second-order valence-corrected chi connectivity index (χ2v) is 3.74. The summed E-state index contributed by atoms with van der Waals surface area (Å²) in [5.41, 5.74) is 1.94. The SMILES string of the molecule is N#CCC=Cc1ccc2nc(Cl)ccc2c1. The van der Waals surface area contributed by atoms with E-state index < -0.39 is 0 Å². The van der Waals surface area contributed by atoms with E-state index in [2.05, 4.69) is 11.1 Å². The Bertz CT molecular complexity index is 582. The molecule has 2 nitrogen and oxygen atoms in total. The Balaban J connectivity index is 2.38. The van der Waals surface area contributed by atoms with Gasteiger partial charge in [-0.05, 0) is 29.8 Å². The molecule has 16 heavy (non-hydrogen) atoms. The maximum Gasteiger partial charge on any atom is 0.129 e. The van der Waals surface area contributed by atoms with Gasteiger partial charge in [0.15, 0.2) is 0 Å². The maximum absolute atomic E-state index is 8.42. The van der Waals surface area contributed by atoms with Crippen LogP contribution in [0.4, 0.5) is 0 Å². The van der Waals surface area contributed by atoms with Crippen molar-refractivity contribution in [1.29, 1.82) is 5.26 Å². The van der Waals surface area contributed by atoms with Crippen LogP contribution in [0, 0.1) is 11.3 Å². The van der Waals surface area contributed by atoms with Gasteiger partial charge < -0.3 is 0 Å². The molecule has 0 aliphatic rings. The number of halogens is 1. The highest BCUT2D eigenvalue weighted by Gasteiger charge is 1.96. The molecule has 0 atom stereocenters. The number of allylic oxidation sites excluding steroid dienone is 1. The summed E-state index contributed by atoms with van der Waals surface area (Å²) in [5.74, 6) is 0. The number of hydrogen-bond donors (Lipinski definition) is 0. The predicted octanol–water partition coefficient (Wildman–Crippen LogP) is 3.82. The molecule has 3 heteroatoms. The normalized spacial score (nSPS) is 10.8. The highest BCUT2D eigenvalue weighted by Crippen LogP contribution is 2.17. The van der Waals surface area contributed by atoms with Gasteiger partial charge in [-0.3, -0.25) is 0 Å². The molecule has 78 valence electrons. The number of benzene rings is 1. The number of hydrogen-bond acceptors (Lipinski definition) is 2. The molecule has 0 radical (unpaired) electrons. The van der Waals surface area contributed by atoms with Crippen molar-refractivity contribution in [3.8, 4) is 6.07 Å². The van der Waals surface area contributed by atoms with E-state index in [1.165, 1.54) is 0 Å². The Morgan fingerprint density at radius 3 is 3.00 bits per heavy atom. The Kier molecular flexibility index (Phi) is 3.19. The van der Waals surface area contributed by atoms with E-state index >= 15 is 0 Å². The third kappa shape index (κ3) is 2.39. The number of fused-ring (bicyclic) bond motifs is 1. The Labute approximate surface area is 98.8 Å².